The van der Waals surface area contributed by atoms with Crippen molar-refractivity contribution in [3.63, 3.8) is 0 Å². The van der Waals surface area contributed by atoms with Crippen molar-refractivity contribution in [3.8, 4) is 0 Å². The smallest absolute Gasteiger partial charge is 0.170 e. The summed E-state index contributed by atoms with van der Waals surface area (Å²) >= 11 is 11.2. The molecule has 0 amide bonds. The summed E-state index contributed by atoms with van der Waals surface area (Å²) in [6.07, 6.45) is 2.18. The Morgan fingerprint density at radius 2 is 1.96 bits per heavy atom. The Morgan fingerprint density at radius 1 is 1.21 bits per heavy atom. The zero-order valence-electron chi connectivity index (χ0n) is 13.8. The number of anilines is 2. The summed E-state index contributed by atoms with van der Waals surface area (Å²) < 4.78 is 0. The fraction of sp³-hybridized carbons (Fsp3) is 0.316. The standard InChI is InChI=1S/C19H22ClN3S/c1-14-13-15-5-2-3-6-18(15)23(14)12-4-11-21-19(24)22-17-9-7-16(20)8-10-17/h2-3,5-10,14H,4,11-13H2,1H3,(H2,21,22,24)/t14-/m1/s1. The lowest BCUT2D eigenvalue weighted by molar-refractivity contribution is 0.641. The number of rotatable bonds is 5. The molecule has 2 aromatic rings. The lowest BCUT2D eigenvalue weighted by atomic mass is 10.1. The SMILES string of the molecule is C[C@@H]1Cc2ccccc2N1CCCNC(=S)Nc1ccc(Cl)cc1. The predicted octanol–water partition coefficient (Wildman–Crippen LogP) is 4.47. The summed E-state index contributed by atoms with van der Waals surface area (Å²) in [6, 6.07) is 16.8. The highest BCUT2D eigenvalue weighted by Gasteiger charge is 2.24. The molecule has 0 fully saturated rings. The highest BCUT2D eigenvalue weighted by Crippen LogP contribution is 2.31. The fourth-order valence-electron chi connectivity index (χ4n) is 3.13. The van der Waals surface area contributed by atoms with E-state index >= 15 is 0 Å². The number of benzene rings is 2. The third kappa shape index (κ3) is 4.19. The molecule has 0 unspecified atom stereocenters. The topological polar surface area (TPSA) is 27.3 Å². The van der Waals surface area contributed by atoms with Crippen molar-refractivity contribution in [1.82, 2.24) is 5.32 Å². The molecule has 5 heteroatoms. The summed E-state index contributed by atoms with van der Waals surface area (Å²) in [4.78, 5) is 2.49. The zero-order valence-corrected chi connectivity index (χ0v) is 15.3. The number of thiocarbonyl (C=S) groups is 1. The van der Waals surface area contributed by atoms with E-state index in [1.807, 2.05) is 24.3 Å². The van der Waals surface area contributed by atoms with Crippen molar-refractivity contribution in [3.05, 3.63) is 59.1 Å². The summed E-state index contributed by atoms with van der Waals surface area (Å²) in [5.74, 6) is 0. The molecule has 3 rings (SSSR count). The van der Waals surface area contributed by atoms with Crippen LogP contribution in [0.25, 0.3) is 0 Å². The Morgan fingerprint density at radius 3 is 2.75 bits per heavy atom. The van der Waals surface area contributed by atoms with Crippen molar-refractivity contribution >= 4 is 40.3 Å². The van der Waals surface area contributed by atoms with Crippen LogP contribution in [0, 0.1) is 0 Å². The van der Waals surface area contributed by atoms with E-state index in [1.54, 1.807) is 0 Å². The summed E-state index contributed by atoms with van der Waals surface area (Å²) in [7, 11) is 0. The predicted molar refractivity (Wildman–Crippen MR) is 107 cm³/mol. The van der Waals surface area contributed by atoms with Gasteiger partial charge in [0.15, 0.2) is 5.11 Å². The van der Waals surface area contributed by atoms with Gasteiger partial charge in [0.25, 0.3) is 0 Å². The largest absolute Gasteiger partial charge is 0.368 e. The van der Waals surface area contributed by atoms with E-state index < -0.39 is 0 Å². The van der Waals surface area contributed by atoms with Crippen LogP contribution in [0.2, 0.25) is 5.02 Å². The van der Waals surface area contributed by atoms with Gasteiger partial charge in [0.1, 0.15) is 0 Å². The molecule has 3 nitrogen and oxygen atoms in total. The molecule has 0 aromatic heterocycles. The molecule has 0 spiro atoms. The molecule has 2 N–H and O–H groups in total. The number of hydrogen-bond donors (Lipinski definition) is 2. The molecule has 0 saturated heterocycles. The van der Waals surface area contributed by atoms with E-state index in [0.717, 1.165) is 36.6 Å². The molecule has 0 saturated carbocycles. The lowest BCUT2D eigenvalue weighted by Gasteiger charge is -2.25. The van der Waals surface area contributed by atoms with Crippen molar-refractivity contribution in [2.24, 2.45) is 0 Å². The van der Waals surface area contributed by atoms with E-state index in [-0.39, 0.29) is 0 Å². The molecule has 0 bridgehead atoms. The maximum absolute atomic E-state index is 5.88. The second-order valence-corrected chi connectivity index (χ2v) is 6.96. The molecule has 24 heavy (non-hydrogen) atoms. The Balaban J connectivity index is 1.42. The summed E-state index contributed by atoms with van der Waals surface area (Å²) in [5, 5.41) is 7.81. The van der Waals surface area contributed by atoms with E-state index in [4.69, 9.17) is 23.8 Å². The number of hydrogen-bond acceptors (Lipinski definition) is 2. The van der Waals surface area contributed by atoms with Gasteiger partial charge >= 0.3 is 0 Å². The zero-order chi connectivity index (χ0) is 16.9. The number of halogens is 1. The van der Waals surface area contributed by atoms with Gasteiger partial charge in [0.05, 0.1) is 0 Å². The number of nitrogens with zero attached hydrogens (tertiary/aromatic N) is 1. The third-order valence-corrected chi connectivity index (χ3v) is 4.81. The number of para-hydroxylation sites is 1. The first-order valence-electron chi connectivity index (χ1n) is 8.28. The van der Waals surface area contributed by atoms with Gasteiger partial charge in [-0.1, -0.05) is 29.8 Å². The molecule has 1 atom stereocenters. The molecule has 1 heterocycles. The van der Waals surface area contributed by atoms with Gasteiger partial charge in [-0.2, -0.15) is 0 Å². The molecular weight excluding hydrogens is 338 g/mol. The molecule has 0 aliphatic carbocycles. The molecule has 126 valence electrons. The average Bonchev–Trinajstić information content (AvgIpc) is 2.89. The first-order valence-corrected chi connectivity index (χ1v) is 9.07. The molecule has 1 aliphatic rings. The van der Waals surface area contributed by atoms with Crippen LogP contribution in [-0.4, -0.2) is 24.2 Å². The second kappa shape index (κ2) is 7.86. The van der Waals surface area contributed by atoms with Crippen molar-refractivity contribution in [2.45, 2.75) is 25.8 Å². The van der Waals surface area contributed by atoms with Gasteiger partial charge in [-0.25, -0.2) is 0 Å². The first kappa shape index (κ1) is 17.1. The van der Waals surface area contributed by atoms with E-state index in [2.05, 4.69) is 46.7 Å². The quantitative estimate of drug-likeness (QED) is 0.608. The summed E-state index contributed by atoms with van der Waals surface area (Å²) in [6.45, 7) is 4.18. The van der Waals surface area contributed by atoms with Gasteiger partial charge in [-0.05, 0) is 67.9 Å². The van der Waals surface area contributed by atoms with Crippen LogP contribution in [0.4, 0.5) is 11.4 Å². The van der Waals surface area contributed by atoms with E-state index in [0.29, 0.717) is 11.2 Å². The van der Waals surface area contributed by atoms with Crippen molar-refractivity contribution in [1.29, 1.82) is 0 Å². The van der Waals surface area contributed by atoms with E-state index in [9.17, 15) is 0 Å². The third-order valence-electron chi connectivity index (χ3n) is 4.31. The van der Waals surface area contributed by atoms with Crippen LogP contribution in [0.5, 0.6) is 0 Å². The van der Waals surface area contributed by atoms with Crippen LogP contribution in [-0.2, 0) is 6.42 Å². The van der Waals surface area contributed by atoms with Crippen LogP contribution in [0.1, 0.15) is 18.9 Å². The van der Waals surface area contributed by atoms with Crippen LogP contribution in [0.3, 0.4) is 0 Å². The highest BCUT2D eigenvalue weighted by atomic mass is 35.5. The first-order chi connectivity index (χ1) is 11.6. The normalized spacial score (nSPS) is 15.9. The molecule has 2 aromatic carbocycles. The number of fused-ring (bicyclic) bond motifs is 1. The Hall–Kier alpha value is -1.78. The van der Waals surface area contributed by atoms with E-state index in [1.165, 1.54) is 11.3 Å². The monoisotopic (exact) mass is 359 g/mol. The lowest BCUT2D eigenvalue weighted by Crippen LogP contribution is -2.34. The Labute approximate surface area is 154 Å². The maximum atomic E-state index is 5.88. The molecular formula is C19H22ClN3S. The maximum Gasteiger partial charge on any atom is 0.170 e. The Bertz CT molecular complexity index is 702. The van der Waals surface area contributed by atoms with Crippen LogP contribution in [0.15, 0.2) is 48.5 Å². The number of nitrogens with one attached hydrogen (secondary N) is 2. The molecule has 0 radical (unpaired) electrons. The minimum absolute atomic E-state index is 0.571. The Kier molecular flexibility index (Phi) is 5.59. The van der Waals surface area contributed by atoms with Crippen molar-refractivity contribution in [2.75, 3.05) is 23.3 Å². The van der Waals surface area contributed by atoms with Gasteiger partial charge in [0.2, 0.25) is 0 Å². The molecule has 1 aliphatic heterocycles. The van der Waals surface area contributed by atoms with Crippen LogP contribution < -0.4 is 15.5 Å². The average molecular weight is 360 g/mol. The minimum atomic E-state index is 0.571. The second-order valence-electron chi connectivity index (χ2n) is 6.12. The van der Waals surface area contributed by atoms with Crippen LogP contribution >= 0.6 is 23.8 Å². The highest BCUT2D eigenvalue weighted by molar-refractivity contribution is 7.80. The van der Waals surface area contributed by atoms with Gasteiger partial charge < -0.3 is 15.5 Å². The van der Waals surface area contributed by atoms with Gasteiger partial charge in [0, 0.05) is 35.5 Å². The van der Waals surface area contributed by atoms with Crippen molar-refractivity contribution < 1.29 is 0 Å². The van der Waals surface area contributed by atoms with Gasteiger partial charge in [-0.3, -0.25) is 0 Å². The summed E-state index contributed by atoms with van der Waals surface area (Å²) in [5.41, 5.74) is 3.78. The minimum Gasteiger partial charge on any atom is -0.368 e. The fourth-order valence-corrected chi connectivity index (χ4v) is 3.48. The van der Waals surface area contributed by atoms with Gasteiger partial charge in [-0.15, -0.1) is 0 Å².